The number of amides is 3. The predicted molar refractivity (Wildman–Crippen MR) is 111 cm³/mol. The minimum Gasteiger partial charge on any atom is -0.322 e. The summed E-state index contributed by atoms with van der Waals surface area (Å²) in [7, 11) is 0. The van der Waals surface area contributed by atoms with Gasteiger partial charge in [0.2, 0.25) is 11.8 Å². The van der Waals surface area contributed by atoms with E-state index in [4.69, 9.17) is 11.6 Å². The van der Waals surface area contributed by atoms with E-state index in [9.17, 15) is 14.4 Å². The van der Waals surface area contributed by atoms with Gasteiger partial charge in [-0.25, -0.2) is 0 Å². The fourth-order valence-corrected chi connectivity index (χ4v) is 5.54. The van der Waals surface area contributed by atoms with Crippen LogP contribution in [-0.2, 0) is 9.59 Å². The van der Waals surface area contributed by atoms with Gasteiger partial charge in [0.05, 0.1) is 17.5 Å². The highest BCUT2D eigenvalue weighted by atomic mass is 35.5. The first kappa shape index (κ1) is 18.4. The van der Waals surface area contributed by atoms with Crippen LogP contribution in [0.4, 0.5) is 11.4 Å². The molecule has 2 bridgehead atoms. The van der Waals surface area contributed by atoms with Crippen molar-refractivity contribution in [3.8, 4) is 0 Å². The third kappa shape index (κ3) is 2.87. The molecule has 0 spiro atoms. The molecule has 2 aromatic rings. The highest BCUT2D eigenvalue weighted by Crippen LogP contribution is 2.56. The van der Waals surface area contributed by atoms with Crippen molar-refractivity contribution in [3.63, 3.8) is 0 Å². The maximum Gasteiger partial charge on any atom is 0.255 e. The molecular weight excluding hydrogens is 388 g/mol. The van der Waals surface area contributed by atoms with Crippen molar-refractivity contribution >= 4 is 40.7 Å². The van der Waals surface area contributed by atoms with E-state index in [0.29, 0.717) is 33.8 Å². The summed E-state index contributed by atoms with van der Waals surface area (Å²) < 4.78 is 0. The molecule has 2 aliphatic carbocycles. The molecule has 1 N–H and O–H groups in total. The Bertz CT molecular complexity index is 1020. The number of rotatable bonds is 3. The molecule has 3 fully saturated rings. The van der Waals surface area contributed by atoms with Crippen LogP contribution in [0.15, 0.2) is 42.5 Å². The minimum absolute atomic E-state index is 0.101. The van der Waals surface area contributed by atoms with Gasteiger partial charge in [-0.15, -0.1) is 0 Å². The second kappa shape index (κ2) is 6.70. The first-order valence-electron chi connectivity index (χ1n) is 9.99. The number of aryl methyl sites for hydroxylation is 1. The Hall–Kier alpha value is -2.66. The number of halogens is 1. The normalized spacial score (nSPS) is 27.4. The second-order valence-corrected chi connectivity index (χ2v) is 8.80. The molecule has 0 radical (unpaired) electrons. The van der Waals surface area contributed by atoms with Crippen LogP contribution in [0.2, 0.25) is 5.02 Å². The molecule has 0 aromatic heterocycles. The number of carbonyl (C=O) groups excluding carboxylic acids is 3. The minimum atomic E-state index is -0.309. The van der Waals surface area contributed by atoms with Gasteiger partial charge < -0.3 is 5.32 Å². The molecule has 2 saturated carbocycles. The van der Waals surface area contributed by atoms with Crippen molar-refractivity contribution in [1.29, 1.82) is 0 Å². The van der Waals surface area contributed by atoms with E-state index in [-0.39, 0.29) is 29.6 Å². The quantitative estimate of drug-likeness (QED) is 0.763. The molecule has 1 saturated heterocycles. The first-order chi connectivity index (χ1) is 13.9. The smallest absolute Gasteiger partial charge is 0.255 e. The van der Waals surface area contributed by atoms with Gasteiger partial charge in [-0.3, -0.25) is 19.3 Å². The topological polar surface area (TPSA) is 66.5 Å². The Morgan fingerprint density at radius 1 is 1.03 bits per heavy atom. The van der Waals surface area contributed by atoms with Crippen LogP contribution >= 0.6 is 11.6 Å². The number of hydrogen-bond donors (Lipinski definition) is 1. The highest BCUT2D eigenvalue weighted by molar-refractivity contribution is 6.31. The average molecular weight is 409 g/mol. The Balaban J connectivity index is 1.42. The number of carbonyl (C=O) groups is 3. The van der Waals surface area contributed by atoms with Gasteiger partial charge >= 0.3 is 0 Å². The third-order valence-electron chi connectivity index (χ3n) is 6.74. The van der Waals surface area contributed by atoms with Crippen LogP contribution < -0.4 is 10.2 Å². The monoisotopic (exact) mass is 408 g/mol. The van der Waals surface area contributed by atoms with E-state index >= 15 is 0 Å². The van der Waals surface area contributed by atoms with Gasteiger partial charge in [0.1, 0.15) is 0 Å². The first-order valence-corrected chi connectivity index (χ1v) is 10.4. The molecule has 1 heterocycles. The lowest BCUT2D eigenvalue weighted by Crippen LogP contribution is -2.33. The standard InChI is InChI=1S/C23H21ClN2O3/c1-12-5-8-16(24)11-18(12)25-21(27)15-3-2-4-17(10-15)26-22(28)19-13-6-7-14(9-13)20(19)23(26)29/h2-5,8,10-11,13-14,19-20H,6-7,9H2,1H3,(H,25,27)/t13-,14+,19-,20+. The van der Waals surface area contributed by atoms with Crippen LogP contribution in [0.3, 0.4) is 0 Å². The fraction of sp³-hybridized carbons (Fsp3) is 0.348. The van der Waals surface area contributed by atoms with E-state index in [1.807, 2.05) is 13.0 Å². The Morgan fingerprint density at radius 2 is 1.72 bits per heavy atom. The number of imide groups is 1. The van der Waals surface area contributed by atoms with Gasteiger partial charge in [0.15, 0.2) is 0 Å². The molecular formula is C23H21ClN2O3. The Kier molecular flexibility index (Phi) is 4.24. The van der Waals surface area contributed by atoms with Crippen molar-refractivity contribution < 1.29 is 14.4 Å². The fourth-order valence-electron chi connectivity index (χ4n) is 5.37. The van der Waals surface area contributed by atoms with Crippen LogP contribution in [0, 0.1) is 30.6 Å². The molecule has 3 aliphatic rings. The number of anilines is 2. The summed E-state index contributed by atoms with van der Waals surface area (Å²) in [5.74, 6) is -0.185. The molecule has 0 unspecified atom stereocenters. The lowest BCUT2D eigenvalue weighted by atomic mass is 9.81. The summed E-state index contributed by atoms with van der Waals surface area (Å²) in [6.07, 6.45) is 3.09. The molecule has 4 atom stereocenters. The van der Waals surface area contributed by atoms with E-state index in [0.717, 1.165) is 24.8 Å². The second-order valence-electron chi connectivity index (χ2n) is 8.36. The number of benzene rings is 2. The third-order valence-corrected chi connectivity index (χ3v) is 6.98. The molecule has 5 rings (SSSR count). The maximum absolute atomic E-state index is 13.0. The molecule has 2 aromatic carbocycles. The van der Waals surface area contributed by atoms with Gasteiger partial charge in [-0.05, 0) is 73.9 Å². The number of nitrogens with one attached hydrogen (secondary N) is 1. The summed E-state index contributed by atoms with van der Waals surface area (Å²) >= 11 is 6.03. The predicted octanol–water partition coefficient (Wildman–Crippen LogP) is 4.44. The van der Waals surface area contributed by atoms with Crippen molar-refractivity contribution in [3.05, 3.63) is 58.6 Å². The molecule has 148 valence electrons. The molecule has 5 nitrogen and oxygen atoms in total. The average Bonchev–Trinajstić information content (AvgIpc) is 3.38. The zero-order chi connectivity index (χ0) is 20.3. The van der Waals surface area contributed by atoms with Crippen molar-refractivity contribution in [1.82, 2.24) is 0 Å². The van der Waals surface area contributed by atoms with Crippen LogP contribution in [0.25, 0.3) is 0 Å². The summed E-state index contributed by atoms with van der Waals surface area (Å²) in [5.41, 5.74) is 2.39. The summed E-state index contributed by atoms with van der Waals surface area (Å²) in [5, 5.41) is 3.40. The van der Waals surface area contributed by atoms with Gasteiger partial charge in [-0.2, -0.15) is 0 Å². The lowest BCUT2D eigenvalue weighted by molar-refractivity contribution is -0.123. The van der Waals surface area contributed by atoms with E-state index in [1.54, 1.807) is 36.4 Å². The Morgan fingerprint density at radius 3 is 2.41 bits per heavy atom. The van der Waals surface area contributed by atoms with Crippen LogP contribution in [-0.4, -0.2) is 17.7 Å². The van der Waals surface area contributed by atoms with Gasteiger partial charge in [-0.1, -0.05) is 23.7 Å². The van der Waals surface area contributed by atoms with Crippen LogP contribution in [0.1, 0.15) is 35.2 Å². The zero-order valence-corrected chi connectivity index (χ0v) is 16.8. The van der Waals surface area contributed by atoms with Gasteiger partial charge in [0, 0.05) is 16.3 Å². The summed E-state index contributed by atoms with van der Waals surface area (Å²) in [6, 6.07) is 12.0. The van der Waals surface area contributed by atoms with Crippen molar-refractivity contribution in [2.24, 2.45) is 23.7 Å². The molecule has 6 heteroatoms. The number of hydrogen-bond acceptors (Lipinski definition) is 3. The zero-order valence-electron chi connectivity index (χ0n) is 16.0. The molecule has 29 heavy (non-hydrogen) atoms. The lowest BCUT2D eigenvalue weighted by Gasteiger charge is -2.19. The largest absolute Gasteiger partial charge is 0.322 e. The van der Waals surface area contributed by atoms with E-state index in [1.165, 1.54) is 4.90 Å². The number of fused-ring (bicyclic) bond motifs is 5. The van der Waals surface area contributed by atoms with Gasteiger partial charge in [0.25, 0.3) is 5.91 Å². The SMILES string of the molecule is Cc1ccc(Cl)cc1NC(=O)c1cccc(N2C(=O)[C@@H]3[C@@H]4CC[C@@H](C4)[C@@H]3C2=O)c1. The maximum atomic E-state index is 13.0. The number of nitrogens with zero attached hydrogens (tertiary/aromatic N) is 1. The molecule has 1 aliphatic heterocycles. The highest BCUT2D eigenvalue weighted by Gasteiger charge is 2.61. The summed E-state index contributed by atoms with van der Waals surface area (Å²) in [6.45, 7) is 1.89. The van der Waals surface area contributed by atoms with E-state index < -0.39 is 0 Å². The Labute approximate surface area is 174 Å². The van der Waals surface area contributed by atoms with E-state index in [2.05, 4.69) is 5.32 Å². The summed E-state index contributed by atoms with van der Waals surface area (Å²) in [4.78, 5) is 40.1. The van der Waals surface area contributed by atoms with Crippen molar-refractivity contribution in [2.75, 3.05) is 10.2 Å². The van der Waals surface area contributed by atoms with Crippen LogP contribution in [0.5, 0.6) is 0 Å². The molecule has 3 amide bonds. The van der Waals surface area contributed by atoms with Crippen molar-refractivity contribution in [2.45, 2.75) is 26.2 Å².